The van der Waals surface area contributed by atoms with Crippen LogP contribution < -0.4 is 14.8 Å². The third-order valence-corrected chi connectivity index (χ3v) is 5.01. The van der Waals surface area contributed by atoms with Gasteiger partial charge in [0.2, 0.25) is 5.91 Å². The molecule has 0 saturated carbocycles. The molecule has 1 aliphatic rings. The Balaban J connectivity index is 1.52. The Morgan fingerprint density at radius 3 is 2.72 bits per heavy atom. The predicted molar refractivity (Wildman–Crippen MR) is 103 cm³/mol. The van der Waals surface area contributed by atoms with Crippen LogP contribution in [0.5, 0.6) is 11.5 Å². The molecule has 0 spiro atoms. The van der Waals surface area contributed by atoms with Crippen molar-refractivity contribution < 1.29 is 14.3 Å². The summed E-state index contributed by atoms with van der Waals surface area (Å²) in [4.78, 5) is 12.2. The molecule has 0 bridgehead atoms. The number of carbonyl (C=O) groups is 1. The first kappa shape index (κ1) is 17.7. The lowest BCUT2D eigenvalue weighted by atomic mass is 10.1. The van der Waals surface area contributed by atoms with Gasteiger partial charge in [-0.3, -0.25) is 4.79 Å². The molecule has 0 aromatic heterocycles. The van der Waals surface area contributed by atoms with Crippen LogP contribution in [0.1, 0.15) is 23.1 Å². The lowest BCUT2D eigenvalue weighted by Gasteiger charge is -2.11. The van der Waals surface area contributed by atoms with Gasteiger partial charge in [0.1, 0.15) is 0 Å². The van der Waals surface area contributed by atoms with Crippen LogP contribution in [0.3, 0.4) is 0 Å². The van der Waals surface area contributed by atoms with Crippen LogP contribution in [0, 0.1) is 13.8 Å². The molecule has 1 aliphatic heterocycles. The summed E-state index contributed by atoms with van der Waals surface area (Å²) in [5.74, 6) is 2.67. The largest absolute Gasteiger partial charge is 0.490 e. The van der Waals surface area contributed by atoms with Crippen LogP contribution in [0.4, 0.5) is 5.69 Å². The van der Waals surface area contributed by atoms with Crippen molar-refractivity contribution in [2.75, 3.05) is 24.3 Å². The Labute approximate surface area is 152 Å². The smallest absolute Gasteiger partial charge is 0.234 e. The Bertz CT molecular complexity index is 761. The maximum atomic E-state index is 12.2. The quantitative estimate of drug-likeness (QED) is 0.865. The Morgan fingerprint density at radius 1 is 1.08 bits per heavy atom. The minimum Gasteiger partial charge on any atom is -0.490 e. The van der Waals surface area contributed by atoms with E-state index in [0.29, 0.717) is 24.7 Å². The van der Waals surface area contributed by atoms with Crippen molar-refractivity contribution in [3.63, 3.8) is 0 Å². The molecule has 0 unspecified atom stereocenters. The third-order valence-electron chi connectivity index (χ3n) is 4.03. The molecule has 1 heterocycles. The molecule has 3 rings (SSSR count). The van der Waals surface area contributed by atoms with E-state index in [0.717, 1.165) is 23.6 Å². The van der Waals surface area contributed by atoms with Gasteiger partial charge in [0, 0.05) is 23.9 Å². The summed E-state index contributed by atoms with van der Waals surface area (Å²) in [6, 6.07) is 11.9. The first-order valence-electron chi connectivity index (χ1n) is 8.45. The molecule has 0 aliphatic carbocycles. The number of thioether (sulfide) groups is 1. The maximum absolute atomic E-state index is 12.2. The molecular formula is C20H23NO3S. The van der Waals surface area contributed by atoms with Crippen LogP contribution >= 0.6 is 11.8 Å². The number of amides is 1. The van der Waals surface area contributed by atoms with Gasteiger partial charge in [-0.25, -0.2) is 0 Å². The summed E-state index contributed by atoms with van der Waals surface area (Å²) < 4.78 is 11.3. The highest BCUT2D eigenvalue weighted by Gasteiger charge is 2.12. The number of hydrogen-bond acceptors (Lipinski definition) is 4. The fourth-order valence-corrected chi connectivity index (χ4v) is 3.54. The monoisotopic (exact) mass is 357 g/mol. The molecule has 4 nitrogen and oxygen atoms in total. The van der Waals surface area contributed by atoms with Crippen LogP contribution in [0.2, 0.25) is 0 Å². The van der Waals surface area contributed by atoms with Crippen molar-refractivity contribution in [1.82, 2.24) is 0 Å². The number of fused-ring (bicyclic) bond motifs is 1. The van der Waals surface area contributed by atoms with Crippen molar-refractivity contribution in [1.29, 1.82) is 0 Å². The van der Waals surface area contributed by atoms with E-state index in [1.165, 1.54) is 16.7 Å². The minimum atomic E-state index is -0.00945. The van der Waals surface area contributed by atoms with Gasteiger partial charge in [0.05, 0.1) is 19.0 Å². The van der Waals surface area contributed by atoms with E-state index in [4.69, 9.17) is 9.47 Å². The molecule has 132 valence electrons. The van der Waals surface area contributed by atoms with Crippen molar-refractivity contribution in [2.45, 2.75) is 26.0 Å². The van der Waals surface area contributed by atoms with Gasteiger partial charge in [-0.05, 0) is 37.1 Å². The topological polar surface area (TPSA) is 47.6 Å². The minimum absolute atomic E-state index is 0.00945. The number of ether oxygens (including phenoxy) is 2. The van der Waals surface area contributed by atoms with Crippen molar-refractivity contribution in [3.8, 4) is 11.5 Å². The summed E-state index contributed by atoms with van der Waals surface area (Å²) in [6.45, 7) is 5.49. The zero-order chi connectivity index (χ0) is 17.6. The summed E-state index contributed by atoms with van der Waals surface area (Å²) in [5.41, 5.74) is 4.54. The van der Waals surface area contributed by atoms with Gasteiger partial charge in [0.25, 0.3) is 0 Å². The Kier molecular flexibility index (Phi) is 5.87. The van der Waals surface area contributed by atoms with Gasteiger partial charge < -0.3 is 14.8 Å². The maximum Gasteiger partial charge on any atom is 0.234 e. The number of benzene rings is 2. The first-order chi connectivity index (χ1) is 12.1. The molecule has 0 atom stereocenters. The Morgan fingerprint density at radius 2 is 1.88 bits per heavy atom. The number of carbonyl (C=O) groups excluding carboxylic acids is 1. The summed E-state index contributed by atoms with van der Waals surface area (Å²) >= 11 is 1.62. The average molecular weight is 357 g/mol. The van der Waals surface area contributed by atoms with Crippen LogP contribution in [0.25, 0.3) is 0 Å². The average Bonchev–Trinajstić information content (AvgIpc) is 2.83. The second-order valence-corrected chi connectivity index (χ2v) is 7.17. The molecule has 0 saturated heterocycles. The predicted octanol–water partition coefficient (Wildman–Crippen LogP) is 4.34. The standard InChI is InChI=1S/C20H23NO3S/c1-14-4-5-15(2)16(10-14)12-25-13-20(22)21-17-6-7-18-19(11-17)24-9-3-8-23-18/h4-7,10-11H,3,8-9,12-13H2,1-2H3,(H,21,22). The molecular weight excluding hydrogens is 334 g/mol. The molecule has 5 heteroatoms. The van der Waals surface area contributed by atoms with Gasteiger partial charge in [-0.2, -0.15) is 0 Å². The van der Waals surface area contributed by atoms with E-state index in [2.05, 4.69) is 37.4 Å². The fourth-order valence-electron chi connectivity index (χ4n) is 2.65. The Hall–Kier alpha value is -2.14. The van der Waals surface area contributed by atoms with Crippen molar-refractivity contribution in [3.05, 3.63) is 53.1 Å². The lowest BCUT2D eigenvalue weighted by molar-refractivity contribution is -0.113. The number of rotatable bonds is 5. The molecule has 2 aromatic rings. The second kappa shape index (κ2) is 8.30. The van der Waals surface area contributed by atoms with Gasteiger partial charge in [-0.15, -0.1) is 11.8 Å². The highest BCUT2D eigenvalue weighted by molar-refractivity contribution is 7.99. The van der Waals surface area contributed by atoms with E-state index in [-0.39, 0.29) is 5.91 Å². The second-order valence-electron chi connectivity index (χ2n) is 6.18. The number of hydrogen-bond donors (Lipinski definition) is 1. The number of anilines is 1. The van der Waals surface area contributed by atoms with Crippen molar-refractivity contribution >= 4 is 23.4 Å². The zero-order valence-corrected chi connectivity index (χ0v) is 15.4. The van der Waals surface area contributed by atoms with Crippen LogP contribution in [-0.2, 0) is 10.5 Å². The van der Waals surface area contributed by atoms with E-state index >= 15 is 0 Å². The van der Waals surface area contributed by atoms with Crippen molar-refractivity contribution in [2.24, 2.45) is 0 Å². The number of nitrogens with one attached hydrogen (secondary N) is 1. The molecule has 25 heavy (non-hydrogen) atoms. The van der Waals surface area contributed by atoms with E-state index in [1.807, 2.05) is 18.2 Å². The van der Waals surface area contributed by atoms with Crippen LogP contribution in [0.15, 0.2) is 36.4 Å². The molecule has 0 fully saturated rings. The molecule has 2 aromatic carbocycles. The summed E-state index contributed by atoms with van der Waals surface area (Å²) in [6.07, 6.45) is 0.866. The van der Waals surface area contributed by atoms with E-state index < -0.39 is 0 Å². The zero-order valence-electron chi connectivity index (χ0n) is 14.6. The van der Waals surface area contributed by atoms with E-state index in [9.17, 15) is 4.79 Å². The normalized spacial score (nSPS) is 13.2. The highest BCUT2D eigenvalue weighted by atomic mass is 32.2. The molecule has 1 amide bonds. The first-order valence-corrected chi connectivity index (χ1v) is 9.60. The molecule has 1 N–H and O–H groups in total. The SMILES string of the molecule is Cc1ccc(C)c(CSCC(=O)Nc2ccc3c(c2)OCCCO3)c1. The van der Waals surface area contributed by atoms with Gasteiger partial charge in [0.15, 0.2) is 11.5 Å². The van der Waals surface area contributed by atoms with E-state index in [1.54, 1.807) is 11.8 Å². The van der Waals surface area contributed by atoms with Gasteiger partial charge >= 0.3 is 0 Å². The fraction of sp³-hybridized carbons (Fsp3) is 0.350. The van der Waals surface area contributed by atoms with Gasteiger partial charge in [-0.1, -0.05) is 23.8 Å². The highest BCUT2D eigenvalue weighted by Crippen LogP contribution is 2.32. The summed E-state index contributed by atoms with van der Waals surface area (Å²) in [7, 11) is 0. The summed E-state index contributed by atoms with van der Waals surface area (Å²) in [5, 5.41) is 2.93. The van der Waals surface area contributed by atoms with Crippen LogP contribution in [-0.4, -0.2) is 24.9 Å². The number of aryl methyl sites for hydroxylation is 2. The lowest BCUT2D eigenvalue weighted by Crippen LogP contribution is -2.14. The molecule has 0 radical (unpaired) electrons. The third kappa shape index (κ3) is 4.92.